The second-order valence-corrected chi connectivity index (χ2v) is 10.0. The molecule has 0 unspecified atom stereocenters. The Labute approximate surface area is 188 Å². The third kappa shape index (κ3) is 4.55. The lowest BCUT2D eigenvalue weighted by Crippen LogP contribution is -2.40. The Morgan fingerprint density at radius 1 is 1.19 bits per heavy atom. The number of rotatable bonds is 6. The molecule has 1 aliphatic heterocycles. The maximum absolute atomic E-state index is 13.1. The first-order chi connectivity index (χ1) is 14.9. The van der Waals surface area contributed by atoms with Crippen LogP contribution in [0.5, 0.6) is 0 Å². The number of aromatic nitrogens is 2. The number of hydrogen-bond acceptors (Lipinski definition) is 4. The minimum Gasteiger partial charge on any atom is -0.379 e. The molecule has 0 atom stereocenters. The Morgan fingerprint density at radius 3 is 2.68 bits per heavy atom. The third-order valence-electron chi connectivity index (χ3n) is 5.32. The first-order valence-electron chi connectivity index (χ1n) is 10.4. The normalized spacial score (nSPS) is 16.2. The number of imidazole rings is 1. The number of hydrogen-bond donors (Lipinski definition) is 0. The highest BCUT2D eigenvalue weighted by molar-refractivity contribution is 7.89. The lowest BCUT2D eigenvalue weighted by Gasteiger charge is -2.26. The van der Waals surface area contributed by atoms with Gasteiger partial charge in [-0.1, -0.05) is 48.4 Å². The largest absolute Gasteiger partial charge is 0.379 e. The van der Waals surface area contributed by atoms with E-state index in [1.165, 1.54) is 4.31 Å². The SMILES string of the molecule is CCCn1c(C(Cl)=Cc2cccc(C)c2)nc2cc(S(=O)(=O)N3CCOCC3)ccc21. The number of fused-ring (bicyclic) bond motifs is 1. The molecule has 164 valence electrons. The standard InChI is InChI=1S/C23H26ClN3O3S/c1-3-9-27-22-8-7-19(31(28,29)26-10-12-30-13-11-26)16-21(22)25-23(27)20(24)15-18-6-4-5-17(2)14-18/h4-8,14-16H,3,9-13H2,1-2H3. The van der Waals surface area contributed by atoms with E-state index in [1.807, 2.05) is 37.3 Å². The fourth-order valence-electron chi connectivity index (χ4n) is 3.81. The van der Waals surface area contributed by atoms with Crippen molar-refractivity contribution < 1.29 is 13.2 Å². The molecule has 0 spiro atoms. The average Bonchev–Trinajstić information content (AvgIpc) is 3.13. The predicted octanol–water partition coefficient (Wildman–Crippen LogP) is 4.51. The van der Waals surface area contributed by atoms with Crippen LogP contribution in [0.3, 0.4) is 0 Å². The van der Waals surface area contributed by atoms with Crippen LogP contribution < -0.4 is 0 Å². The topological polar surface area (TPSA) is 64.4 Å². The molecule has 1 aromatic heterocycles. The zero-order chi connectivity index (χ0) is 22.0. The molecule has 2 aromatic carbocycles. The second-order valence-electron chi connectivity index (χ2n) is 7.66. The summed E-state index contributed by atoms with van der Waals surface area (Å²) in [6, 6.07) is 13.2. The summed E-state index contributed by atoms with van der Waals surface area (Å²) in [4.78, 5) is 4.97. The van der Waals surface area contributed by atoms with Crippen LogP contribution in [0.2, 0.25) is 0 Å². The first kappa shape index (κ1) is 22.0. The molecule has 0 N–H and O–H groups in total. The van der Waals surface area contributed by atoms with Gasteiger partial charge in [-0.05, 0) is 43.2 Å². The van der Waals surface area contributed by atoms with Gasteiger partial charge in [-0.3, -0.25) is 0 Å². The minimum atomic E-state index is -3.59. The Hall–Kier alpha value is -2.19. The summed E-state index contributed by atoms with van der Waals surface area (Å²) in [6.07, 6.45) is 2.80. The van der Waals surface area contributed by atoms with Crippen LogP contribution in [0, 0.1) is 6.92 Å². The number of benzene rings is 2. The third-order valence-corrected chi connectivity index (χ3v) is 7.50. The van der Waals surface area contributed by atoms with Gasteiger partial charge in [0, 0.05) is 19.6 Å². The maximum Gasteiger partial charge on any atom is 0.243 e. The van der Waals surface area contributed by atoms with E-state index in [0.717, 1.165) is 29.6 Å². The average molecular weight is 460 g/mol. The van der Waals surface area contributed by atoms with E-state index >= 15 is 0 Å². The molecular weight excluding hydrogens is 434 g/mol. The van der Waals surface area contributed by atoms with E-state index in [1.54, 1.807) is 12.1 Å². The molecule has 0 amide bonds. The molecule has 4 rings (SSSR count). The summed E-state index contributed by atoms with van der Waals surface area (Å²) < 4.78 is 34.9. The number of morpholine rings is 1. The van der Waals surface area contributed by atoms with Gasteiger partial charge >= 0.3 is 0 Å². The number of halogens is 1. The Morgan fingerprint density at radius 2 is 1.97 bits per heavy atom. The second kappa shape index (κ2) is 9.12. The van der Waals surface area contributed by atoms with Gasteiger partial charge in [0.2, 0.25) is 10.0 Å². The zero-order valence-corrected chi connectivity index (χ0v) is 19.3. The van der Waals surface area contributed by atoms with Gasteiger partial charge in [0.05, 0.1) is 34.2 Å². The van der Waals surface area contributed by atoms with Gasteiger partial charge in [0.1, 0.15) is 0 Å². The van der Waals surface area contributed by atoms with Crippen LogP contribution in [0.25, 0.3) is 22.1 Å². The molecule has 3 aromatic rings. The molecule has 0 radical (unpaired) electrons. The Bertz CT molecular complexity index is 1230. The van der Waals surface area contributed by atoms with Gasteiger partial charge in [0.15, 0.2) is 5.82 Å². The number of ether oxygens (including phenoxy) is 1. The van der Waals surface area contributed by atoms with Crippen molar-refractivity contribution in [3.63, 3.8) is 0 Å². The molecule has 8 heteroatoms. The number of sulfonamides is 1. The fraction of sp³-hybridized carbons (Fsp3) is 0.348. The van der Waals surface area contributed by atoms with Crippen molar-refractivity contribution >= 4 is 43.8 Å². The molecule has 2 heterocycles. The summed E-state index contributed by atoms with van der Waals surface area (Å²) in [5.41, 5.74) is 3.64. The van der Waals surface area contributed by atoms with Crippen LogP contribution in [-0.4, -0.2) is 48.6 Å². The summed E-state index contributed by atoms with van der Waals surface area (Å²) in [5.74, 6) is 0.640. The molecule has 1 saturated heterocycles. The number of aryl methyl sites for hydroxylation is 2. The summed E-state index contributed by atoms with van der Waals surface area (Å²) in [7, 11) is -3.59. The van der Waals surface area contributed by atoms with Crippen molar-refractivity contribution in [2.45, 2.75) is 31.7 Å². The molecule has 31 heavy (non-hydrogen) atoms. The van der Waals surface area contributed by atoms with E-state index < -0.39 is 10.0 Å². The van der Waals surface area contributed by atoms with E-state index in [0.29, 0.717) is 42.7 Å². The van der Waals surface area contributed by atoms with E-state index in [2.05, 4.69) is 17.6 Å². The monoisotopic (exact) mass is 459 g/mol. The number of nitrogens with zero attached hydrogens (tertiary/aromatic N) is 3. The highest BCUT2D eigenvalue weighted by atomic mass is 35.5. The van der Waals surface area contributed by atoms with Crippen LogP contribution >= 0.6 is 11.6 Å². The molecule has 0 saturated carbocycles. The van der Waals surface area contributed by atoms with Crippen molar-refractivity contribution in [3.8, 4) is 0 Å². The van der Waals surface area contributed by atoms with Gasteiger partial charge in [-0.25, -0.2) is 13.4 Å². The smallest absolute Gasteiger partial charge is 0.243 e. The summed E-state index contributed by atoms with van der Waals surface area (Å²) in [6.45, 7) is 6.41. The minimum absolute atomic E-state index is 0.244. The lowest BCUT2D eigenvalue weighted by molar-refractivity contribution is 0.0730. The summed E-state index contributed by atoms with van der Waals surface area (Å²) in [5, 5.41) is 0.521. The molecule has 6 nitrogen and oxygen atoms in total. The van der Waals surface area contributed by atoms with Crippen molar-refractivity contribution in [2.24, 2.45) is 0 Å². The molecule has 1 fully saturated rings. The van der Waals surface area contributed by atoms with Crippen LogP contribution in [0.1, 0.15) is 30.3 Å². The molecule has 0 aliphatic carbocycles. The quantitative estimate of drug-likeness (QED) is 0.544. The van der Waals surface area contributed by atoms with Crippen LogP contribution in [-0.2, 0) is 21.3 Å². The Kier molecular flexibility index (Phi) is 6.48. The van der Waals surface area contributed by atoms with Gasteiger partial charge in [0.25, 0.3) is 0 Å². The Balaban J connectivity index is 1.77. The highest BCUT2D eigenvalue weighted by Crippen LogP contribution is 2.29. The van der Waals surface area contributed by atoms with Gasteiger partial charge < -0.3 is 9.30 Å². The van der Waals surface area contributed by atoms with E-state index in [4.69, 9.17) is 21.3 Å². The van der Waals surface area contributed by atoms with Gasteiger partial charge in [-0.15, -0.1) is 0 Å². The molecular formula is C23H26ClN3O3S. The van der Waals surface area contributed by atoms with Crippen molar-refractivity contribution in [1.29, 1.82) is 0 Å². The maximum atomic E-state index is 13.1. The zero-order valence-electron chi connectivity index (χ0n) is 17.7. The fourth-order valence-corrected chi connectivity index (χ4v) is 5.51. The van der Waals surface area contributed by atoms with E-state index in [-0.39, 0.29) is 4.90 Å². The van der Waals surface area contributed by atoms with Crippen molar-refractivity contribution in [1.82, 2.24) is 13.9 Å². The van der Waals surface area contributed by atoms with Gasteiger partial charge in [-0.2, -0.15) is 4.31 Å². The van der Waals surface area contributed by atoms with Crippen LogP contribution in [0.15, 0.2) is 47.4 Å². The van der Waals surface area contributed by atoms with Crippen molar-refractivity contribution in [2.75, 3.05) is 26.3 Å². The van der Waals surface area contributed by atoms with E-state index in [9.17, 15) is 8.42 Å². The molecule has 1 aliphatic rings. The van der Waals surface area contributed by atoms with Crippen molar-refractivity contribution in [3.05, 3.63) is 59.4 Å². The lowest BCUT2D eigenvalue weighted by atomic mass is 10.1. The predicted molar refractivity (Wildman–Crippen MR) is 125 cm³/mol. The molecule has 0 bridgehead atoms. The van der Waals surface area contributed by atoms with Crippen LogP contribution in [0.4, 0.5) is 0 Å². The summed E-state index contributed by atoms with van der Waals surface area (Å²) >= 11 is 6.69. The first-order valence-corrected chi connectivity index (χ1v) is 12.2. The highest BCUT2D eigenvalue weighted by Gasteiger charge is 2.27.